The molecule has 51 heavy (non-hydrogen) atoms. The van der Waals surface area contributed by atoms with E-state index in [1.807, 2.05) is 0 Å². The molecule has 0 rings (SSSR count). The minimum absolute atomic E-state index is 1.37. The van der Waals surface area contributed by atoms with E-state index >= 15 is 0 Å². The fraction of sp³-hybridized carbons (Fsp3) is 1.00. The first kappa shape index (κ1) is 51.2. The standard InChI is InChI=1S/C49H102OSi/c1-5-8-11-14-17-20-23-26-29-32-35-38-41-44-47-51(50-4,48-45-42-39-36-33-30-27-24-21-18-15-12-9-6-2)49-46-43-40-37-34-31-28-25-22-19-16-13-10-7-3/h5-49H2,1-4H3. The van der Waals surface area contributed by atoms with Crippen LogP contribution in [0.4, 0.5) is 0 Å². The minimum atomic E-state index is -1.58. The third-order valence-electron chi connectivity index (χ3n) is 12.4. The van der Waals surface area contributed by atoms with Crippen molar-refractivity contribution in [1.29, 1.82) is 0 Å². The topological polar surface area (TPSA) is 9.23 Å². The zero-order chi connectivity index (χ0) is 37.0. The lowest BCUT2D eigenvalue weighted by atomic mass is 10.0. The average molecular weight is 735 g/mol. The lowest BCUT2D eigenvalue weighted by molar-refractivity contribution is 0.380. The molecule has 0 saturated heterocycles. The van der Waals surface area contributed by atoms with Gasteiger partial charge in [-0.3, -0.25) is 0 Å². The Morgan fingerprint density at radius 3 is 0.490 bits per heavy atom. The van der Waals surface area contributed by atoms with Gasteiger partial charge in [0.15, 0.2) is 8.32 Å². The fourth-order valence-corrected chi connectivity index (χ4v) is 12.7. The zero-order valence-electron chi connectivity index (χ0n) is 36.7. The fourth-order valence-electron chi connectivity index (χ4n) is 8.61. The minimum Gasteiger partial charge on any atom is -0.420 e. The Kier molecular flexibility index (Phi) is 44.7. The van der Waals surface area contributed by atoms with Gasteiger partial charge in [-0.2, -0.15) is 0 Å². The molecule has 0 aromatic heterocycles. The molecular formula is C49H102OSi. The molecule has 0 unspecified atom stereocenters. The average Bonchev–Trinajstić information content (AvgIpc) is 3.14. The van der Waals surface area contributed by atoms with Gasteiger partial charge in [-0.1, -0.05) is 290 Å². The van der Waals surface area contributed by atoms with Crippen LogP contribution >= 0.6 is 0 Å². The third-order valence-corrected chi connectivity index (χ3v) is 17.1. The normalized spacial score (nSPS) is 12.0. The van der Waals surface area contributed by atoms with Gasteiger partial charge in [0.05, 0.1) is 0 Å². The van der Waals surface area contributed by atoms with Crippen molar-refractivity contribution < 1.29 is 4.43 Å². The molecular weight excluding hydrogens is 633 g/mol. The number of rotatable bonds is 46. The summed E-state index contributed by atoms with van der Waals surface area (Å²) in [5.74, 6) is 0. The van der Waals surface area contributed by atoms with Gasteiger partial charge >= 0.3 is 0 Å². The third kappa shape index (κ3) is 39.7. The molecule has 0 aliphatic carbocycles. The summed E-state index contributed by atoms with van der Waals surface area (Å²) in [5.41, 5.74) is 0. The van der Waals surface area contributed by atoms with Crippen LogP contribution in [0.5, 0.6) is 0 Å². The Balaban J connectivity index is 4.20. The Morgan fingerprint density at radius 2 is 0.353 bits per heavy atom. The summed E-state index contributed by atoms with van der Waals surface area (Å²) >= 11 is 0. The van der Waals surface area contributed by atoms with Crippen molar-refractivity contribution in [3.63, 3.8) is 0 Å². The van der Waals surface area contributed by atoms with Gasteiger partial charge in [-0.25, -0.2) is 0 Å². The molecule has 0 N–H and O–H groups in total. The molecule has 0 atom stereocenters. The quantitative estimate of drug-likeness (QED) is 0.0447. The number of hydrogen-bond donors (Lipinski definition) is 0. The second-order valence-electron chi connectivity index (χ2n) is 17.4. The second kappa shape index (κ2) is 44.6. The summed E-state index contributed by atoms with van der Waals surface area (Å²) in [6.45, 7) is 6.96. The highest BCUT2D eigenvalue weighted by Crippen LogP contribution is 2.31. The van der Waals surface area contributed by atoms with Gasteiger partial charge in [0.25, 0.3) is 0 Å². The molecule has 0 aliphatic rings. The second-order valence-corrected chi connectivity index (χ2v) is 21.7. The van der Waals surface area contributed by atoms with E-state index in [2.05, 4.69) is 27.9 Å². The maximum Gasteiger partial charge on any atom is 0.192 e. The Bertz CT molecular complexity index is 526. The van der Waals surface area contributed by atoms with Crippen molar-refractivity contribution in [2.45, 2.75) is 309 Å². The number of hydrogen-bond acceptors (Lipinski definition) is 1. The highest BCUT2D eigenvalue weighted by Gasteiger charge is 2.32. The molecule has 0 fully saturated rings. The lowest BCUT2D eigenvalue weighted by Gasteiger charge is -2.30. The van der Waals surface area contributed by atoms with Gasteiger partial charge in [0.2, 0.25) is 0 Å². The van der Waals surface area contributed by atoms with Crippen LogP contribution in [0, 0.1) is 0 Å². The number of unbranched alkanes of at least 4 members (excludes halogenated alkanes) is 39. The molecule has 2 heteroatoms. The molecule has 308 valence electrons. The highest BCUT2D eigenvalue weighted by molar-refractivity contribution is 6.73. The smallest absolute Gasteiger partial charge is 0.192 e. The van der Waals surface area contributed by atoms with E-state index in [1.54, 1.807) is 0 Å². The monoisotopic (exact) mass is 735 g/mol. The van der Waals surface area contributed by atoms with Gasteiger partial charge in [0, 0.05) is 7.11 Å². The molecule has 0 bridgehead atoms. The summed E-state index contributed by atoms with van der Waals surface area (Å²) in [6, 6.07) is 4.33. The van der Waals surface area contributed by atoms with Crippen LogP contribution in [0.2, 0.25) is 18.1 Å². The van der Waals surface area contributed by atoms with Crippen LogP contribution in [0.15, 0.2) is 0 Å². The van der Waals surface area contributed by atoms with Crippen LogP contribution in [0.1, 0.15) is 290 Å². The van der Waals surface area contributed by atoms with Crippen molar-refractivity contribution in [2.24, 2.45) is 0 Å². The molecule has 0 saturated carbocycles. The van der Waals surface area contributed by atoms with Gasteiger partial charge in [-0.05, 0) is 18.1 Å². The lowest BCUT2D eigenvalue weighted by Crippen LogP contribution is -2.36. The highest BCUT2D eigenvalue weighted by atomic mass is 28.4. The summed E-state index contributed by atoms with van der Waals surface area (Å²) in [7, 11) is 0.537. The predicted molar refractivity (Wildman–Crippen MR) is 238 cm³/mol. The van der Waals surface area contributed by atoms with Crippen LogP contribution in [-0.4, -0.2) is 15.4 Å². The molecule has 0 aliphatic heterocycles. The molecule has 0 radical (unpaired) electrons. The van der Waals surface area contributed by atoms with Crippen LogP contribution in [0.25, 0.3) is 0 Å². The van der Waals surface area contributed by atoms with E-state index in [1.165, 1.54) is 288 Å². The Labute approximate surface area is 327 Å². The summed E-state index contributed by atoms with van der Waals surface area (Å²) in [5, 5.41) is 0. The molecule has 0 spiro atoms. The van der Waals surface area contributed by atoms with E-state index in [0.29, 0.717) is 0 Å². The molecule has 1 nitrogen and oxygen atoms in total. The molecule has 0 amide bonds. The van der Waals surface area contributed by atoms with E-state index in [0.717, 1.165) is 0 Å². The van der Waals surface area contributed by atoms with Crippen molar-refractivity contribution in [3.05, 3.63) is 0 Å². The zero-order valence-corrected chi connectivity index (χ0v) is 37.7. The molecule has 0 aromatic rings. The first-order valence-corrected chi connectivity index (χ1v) is 27.3. The summed E-state index contributed by atoms with van der Waals surface area (Å²) in [6.07, 6.45) is 61.3. The van der Waals surface area contributed by atoms with Crippen molar-refractivity contribution in [3.8, 4) is 0 Å². The van der Waals surface area contributed by atoms with Crippen molar-refractivity contribution >= 4 is 8.32 Å². The largest absolute Gasteiger partial charge is 0.420 e. The first-order valence-electron chi connectivity index (χ1n) is 24.8. The Morgan fingerprint density at radius 1 is 0.216 bits per heavy atom. The molecule has 0 aromatic carbocycles. The maximum absolute atomic E-state index is 6.62. The first-order chi connectivity index (χ1) is 25.2. The van der Waals surface area contributed by atoms with Crippen LogP contribution in [0.3, 0.4) is 0 Å². The Hall–Kier alpha value is 0.177. The molecule has 0 heterocycles. The van der Waals surface area contributed by atoms with Gasteiger partial charge in [0.1, 0.15) is 0 Å². The SMILES string of the molecule is CCCCCCCCCCCCCCCC[Si](CCCCCCCCCCCCCCCC)(CCCCCCCCCCCCCCCC)OC. The predicted octanol–water partition coefficient (Wildman–Crippen LogP) is 19.0. The van der Waals surface area contributed by atoms with E-state index in [9.17, 15) is 0 Å². The van der Waals surface area contributed by atoms with Gasteiger partial charge < -0.3 is 4.43 Å². The summed E-state index contributed by atoms with van der Waals surface area (Å²) < 4.78 is 6.62. The maximum atomic E-state index is 6.62. The van der Waals surface area contributed by atoms with Crippen LogP contribution in [-0.2, 0) is 4.43 Å². The van der Waals surface area contributed by atoms with E-state index in [4.69, 9.17) is 4.43 Å². The summed E-state index contributed by atoms with van der Waals surface area (Å²) in [4.78, 5) is 0. The van der Waals surface area contributed by atoms with Crippen molar-refractivity contribution in [1.82, 2.24) is 0 Å². The van der Waals surface area contributed by atoms with E-state index in [-0.39, 0.29) is 0 Å². The van der Waals surface area contributed by atoms with Gasteiger partial charge in [-0.15, -0.1) is 0 Å². The van der Waals surface area contributed by atoms with Crippen molar-refractivity contribution in [2.75, 3.05) is 7.11 Å². The van der Waals surface area contributed by atoms with Crippen LogP contribution < -0.4 is 0 Å². The van der Waals surface area contributed by atoms with E-state index < -0.39 is 8.32 Å².